The summed E-state index contributed by atoms with van der Waals surface area (Å²) in [5.74, 6) is 1.53. The van der Waals surface area contributed by atoms with Gasteiger partial charge in [0.25, 0.3) is 6.71 Å². The normalized spacial score (nSPS) is 16.1. The molecule has 2 heterocycles. The van der Waals surface area contributed by atoms with Gasteiger partial charge in [-0.3, -0.25) is 0 Å². The summed E-state index contributed by atoms with van der Waals surface area (Å²) in [6, 6.07) is 20.5. The summed E-state index contributed by atoms with van der Waals surface area (Å²) in [4.78, 5) is 2.00. The zero-order valence-electron chi connectivity index (χ0n) is 25.8. The predicted molar refractivity (Wildman–Crippen MR) is 149 cm³/mol. The maximum atomic E-state index is 9.56. The summed E-state index contributed by atoms with van der Waals surface area (Å²) in [5.41, 5.74) is 5.08. The number of nitrogens with zero attached hydrogens (tertiary/aromatic N) is 1. The number of fused-ring (bicyclic) bond motifs is 5. The fourth-order valence-corrected chi connectivity index (χ4v) is 5.40. The predicted octanol–water partition coefficient (Wildman–Crippen LogP) is 6.54. The van der Waals surface area contributed by atoms with Crippen molar-refractivity contribution in [2.75, 3.05) is 4.90 Å². The average Bonchev–Trinajstić information content (AvgIpc) is 2.95. The molecule has 35 heavy (non-hydrogen) atoms. The highest BCUT2D eigenvalue weighted by Crippen LogP contribution is 2.45. The van der Waals surface area contributed by atoms with E-state index in [1.54, 1.807) is 0 Å². The minimum atomic E-state index is -0.628. The third-order valence-corrected chi connectivity index (χ3v) is 6.90. The molecule has 0 saturated heterocycles. The van der Waals surface area contributed by atoms with Crippen LogP contribution >= 0.6 is 0 Å². The Morgan fingerprint density at radius 3 is 2.17 bits per heavy atom. The first kappa shape index (κ1) is 15.1. The van der Waals surface area contributed by atoms with Crippen LogP contribution < -0.4 is 26.0 Å². The van der Waals surface area contributed by atoms with Gasteiger partial charge in [0, 0.05) is 11.4 Å². The number of benzene rings is 5. The van der Waals surface area contributed by atoms with Crippen LogP contribution in [0.3, 0.4) is 0 Å². The topological polar surface area (TPSA) is 12.5 Å². The van der Waals surface area contributed by atoms with Crippen molar-refractivity contribution in [3.05, 3.63) is 109 Å². The van der Waals surface area contributed by atoms with E-state index in [2.05, 4.69) is 12.1 Å². The Labute approximate surface area is 215 Å². The highest BCUT2D eigenvalue weighted by atomic mass is 16.5. The molecule has 2 aliphatic rings. The smallest absolute Gasteiger partial charge is 0.256 e. The maximum Gasteiger partial charge on any atom is 0.256 e. The van der Waals surface area contributed by atoms with E-state index >= 15 is 0 Å². The van der Waals surface area contributed by atoms with Crippen molar-refractivity contribution in [2.45, 2.75) is 26.2 Å². The lowest BCUT2D eigenvalue weighted by atomic mass is 9.34. The van der Waals surface area contributed by atoms with E-state index in [-0.39, 0.29) is 41.7 Å². The van der Waals surface area contributed by atoms with Gasteiger partial charge in [0.2, 0.25) is 0 Å². The number of hydrogen-bond acceptors (Lipinski definition) is 2. The molecular weight excluding hydrogens is 425 g/mol. The second-order valence-corrected chi connectivity index (χ2v) is 10.1. The second kappa shape index (κ2) is 7.26. The lowest BCUT2D eigenvalue weighted by Gasteiger charge is -2.41. The van der Waals surface area contributed by atoms with Crippen molar-refractivity contribution < 1.29 is 13.0 Å². The highest BCUT2D eigenvalue weighted by molar-refractivity contribution is 6.99. The monoisotopic (exact) mass is 457 g/mol. The fourth-order valence-electron chi connectivity index (χ4n) is 5.40. The second-order valence-electron chi connectivity index (χ2n) is 10.1. The van der Waals surface area contributed by atoms with Crippen LogP contribution in [0.2, 0.25) is 0 Å². The summed E-state index contributed by atoms with van der Waals surface area (Å²) in [6.45, 7) is 5.82. The van der Waals surface area contributed by atoms with Gasteiger partial charge in [0.05, 0.1) is 13.9 Å². The van der Waals surface area contributed by atoms with Crippen molar-refractivity contribution >= 4 is 50.9 Å². The SMILES string of the molecule is [2H]c1c([2H])c([2H])c2c([2H])c(C(C)(C)C)c(N3c4ccccc4B4c5ccccc5Oc5cccc3c54)c([2H])c2c1[2H]. The minimum Gasteiger partial charge on any atom is -0.458 e. The Morgan fingerprint density at radius 1 is 0.714 bits per heavy atom. The molecule has 0 aromatic heterocycles. The van der Waals surface area contributed by atoms with Crippen LogP contribution in [0.5, 0.6) is 11.5 Å². The van der Waals surface area contributed by atoms with Gasteiger partial charge in [0.15, 0.2) is 0 Å². The van der Waals surface area contributed by atoms with Gasteiger partial charge in [-0.1, -0.05) is 87.4 Å². The molecule has 0 amide bonds. The van der Waals surface area contributed by atoms with E-state index in [1.807, 2.05) is 80.3 Å². The van der Waals surface area contributed by atoms with Crippen molar-refractivity contribution in [3.63, 3.8) is 0 Å². The molecule has 5 aromatic carbocycles. The standard InChI is InChI=1S/C32H26BNO/c1-32(2,3)23-19-21-11-4-5-12-22(21)20-28(23)34-26-15-8-6-13-24(26)33-25-14-7-9-17-29(25)35-30-18-10-16-27(34)31(30)33/h4-20H,1-3H3/i4D,5D,11D,12D,19D,20D. The summed E-state index contributed by atoms with van der Waals surface area (Å²) < 4.78 is 59.3. The molecule has 2 nitrogen and oxygen atoms in total. The number of hydrogen-bond donors (Lipinski definition) is 0. The third kappa shape index (κ3) is 2.98. The van der Waals surface area contributed by atoms with Crippen LogP contribution in [-0.4, -0.2) is 6.71 Å². The highest BCUT2D eigenvalue weighted by Gasteiger charge is 2.42. The van der Waals surface area contributed by atoms with Crippen molar-refractivity contribution in [1.29, 1.82) is 0 Å². The lowest BCUT2D eigenvalue weighted by Crippen LogP contribution is -2.59. The van der Waals surface area contributed by atoms with E-state index in [0.29, 0.717) is 11.3 Å². The molecule has 0 spiro atoms. The van der Waals surface area contributed by atoms with Crippen LogP contribution in [0.15, 0.2) is 103 Å². The van der Waals surface area contributed by atoms with Crippen LogP contribution in [0, 0.1) is 0 Å². The number of para-hydroxylation sites is 2. The van der Waals surface area contributed by atoms with Gasteiger partial charge in [0.1, 0.15) is 11.5 Å². The van der Waals surface area contributed by atoms with E-state index in [4.69, 9.17) is 10.2 Å². The first-order valence-corrected chi connectivity index (χ1v) is 11.8. The molecule has 7 rings (SSSR count). The van der Waals surface area contributed by atoms with E-state index in [9.17, 15) is 2.74 Å². The first-order valence-electron chi connectivity index (χ1n) is 14.8. The Hall–Kier alpha value is -3.98. The van der Waals surface area contributed by atoms with Crippen molar-refractivity contribution in [3.8, 4) is 11.5 Å². The minimum absolute atomic E-state index is 0.0106. The molecule has 168 valence electrons. The molecule has 5 aromatic rings. The lowest BCUT2D eigenvalue weighted by molar-refractivity contribution is 0.487. The van der Waals surface area contributed by atoms with Gasteiger partial charge in [-0.2, -0.15) is 0 Å². The van der Waals surface area contributed by atoms with Crippen molar-refractivity contribution in [1.82, 2.24) is 0 Å². The Balaban J connectivity index is 1.66. The van der Waals surface area contributed by atoms with Crippen LogP contribution in [0.4, 0.5) is 17.1 Å². The average molecular weight is 457 g/mol. The molecule has 0 bridgehead atoms. The fraction of sp³-hybridized carbons (Fsp3) is 0.125. The van der Waals surface area contributed by atoms with Gasteiger partial charge in [-0.15, -0.1) is 0 Å². The van der Waals surface area contributed by atoms with Gasteiger partial charge < -0.3 is 9.64 Å². The summed E-state index contributed by atoms with van der Waals surface area (Å²) in [6.07, 6.45) is 0. The van der Waals surface area contributed by atoms with E-state index < -0.39 is 17.5 Å². The third-order valence-electron chi connectivity index (χ3n) is 6.90. The van der Waals surface area contributed by atoms with Crippen LogP contribution in [0.25, 0.3) is 10.8 Å². The molecule has 0 saturated carbocycles. The molecule has 2 aliphatic heterocycles. The Kier molecular flexibility index (Phi) is 3.13. The van der Waals surface area contributed by atoms with Gasteiger partial charge in [-0.25, -0.2) is 0 Å². The molecule has 0 radical (unpaired) electrons. The Bertz CT molecular complexity index is 1950. The van der Waals surface area contributed by atoms with E-state index in [1.165, 1.54) is 0 Å². The zero-order valence-corrected chi connectivity index (χ0v) is 19.8. The molecule has 3 heteroatoms. The molecule has 0 atom stereocenters. The maximum absolute atomic E-state index is 9.56. The summed E-state index contributed by atoms with van der Waals surface area (Å²) in [5, 5.41) is 0.125. The number of rotatable bonds is 1. The summed E-state index contributed by atoms with van der Waals surface area (Å²) >= 11 is 0. The van der Waals surface area contributed by atoms with E-state index in [0.717, 1.165) is 39.3 Å². The van der Waals surface area contributed by atoms with Gasteiger partial charge in [-0.05, 0) is 74.5 Å². The molecule has 0 fully saturated rings. The largest absolute Gasteiger partial charge is 0.458 e. The van der Waals surface area contributed by atoms with Crippen LogP contribution in [-0.2, 0) is 5.41 Å². The quantitative estimate of drug-likeness (QED) is 0.260. The molecule has 0 aliphatic carbocycles. The van der Waals surface area contributed by atoms with Crippen LogP contribution in [0.1, 0.15) is 34.6 Å². The number of ether oxygens (including phenoxy) is 1. The molecule has 0 N–H and O–H groups in total. The zero-order chi connectivity index (χ0) is 29.0. The Morgan fingerprint density at radius 2 is 1.37 bits per heavy atom. The van der Waals surface area contributed by atoms with Crippen molar-refractivity contribution in [2.24, 2.45) is 0 Å². The van der Waals surface area contributed by atoms with Gasteiger partial charge >= 0.3 is 0 Å². The molecule has 0 unspecified atom stereocenters. The number of anilines is 3. The first-order chi connectivity index (χ1) is 19.5. The molecular formula is C32H26BNO. The summed E-state index contributed by atoms with van der Waals surface area (Å²) in [7, 11) is 0.